The fourth-order valence-corrected chi connectivity index (χ4v) is 5.50. The number of rotatable bonds is 4. The van der Waals surface area contributed by atoms with Crippen LogP contribution in [0.3, 0.4) is 0 Å². The van der Waals surface area contributed by atoms with Crippen LogP contribution in [0.5, 0.6) is 0 Å². The number of ether oxygens (including phenoxy) is 2. The molecule has 3 heterocycles. The smallest absolute Gasteiger partial charge is 0.196 e. The Labute approximate surface area is 157 Å². The largest absolute Gasteiger partial charge is 0.348 e. The van der Waals surface area contributed by atoms with Crippen molar-refractivity contribution in [3.05, 3.63) is 64.5 Å². The Morgan fingerprint density at radius 3 is 2.15 bits per heavy atom. The van der Waals surface area contributed by atoms with Crippen LogP contribution >= 0.6 is 0 Å². The summed E-state index contributed by atoms with van der Waals surface area (Å²) in [6.07, 6.45) is 2.22. The van der Waals surface area contributed by atoms with E-state index in [2.05, 4.69) is 82.6 Å². The highest BCUT2D eigenvalue weighted by molar-refractivity contribution is 5.52. The molecule has 0 saturated carbocycles. The quantitative estimate of drug-likeness (QED) is 0.600. The van der Waals surface area contributed by atoms with Crippen molar-refractivity contribution in [2.45, 2.75) is 59.3 Å². The summed E-state index contributed by atoms with van der Waals surface area (Å²) in [5, 5.41) is 0. The molecule has 0 saturated heterocycles. The van der Waals surface area contributed by atoms with Crippen LogP contribution in [-0.2, 0) is 9.47 Å². The average molecular weight is 352 g/mol. The second-order valence-corrected chi connectivity index (χ2v) is 8.15. The summed E-state index contributed by atoms with van der Waals surface area (Å²) in [6, 6.07) is 11.2. The Hall–Kier alpha value is -1.71. The molecule has 0 fully saturated rings. The van der Waals surface area contributed by atoms with Gasteiger partial charge in [0.05, 0.1) is 5.41 Å². The van der Waals surface area contributed by atoms with Crippen molar-refractivity contribution in [3.63, 3.8) is 0 Å². The molecule has 2 unspecified atom stereocenters. The maximum atomic E-state index is 6.53. The molecule has 1 aromatic carbocycles. The number of fused-ring (bicyclic) bond motifs is 1. The molecule has 0 radical (unpaired) electrons. The molecule has 138 valence electrons. The Morgan fingerprint density at radius 1 is 0.923 bits per heavy atom. The van der Waals surface area contributed by atoms with Gasteiger partial charge in [0.1, 0.15) is 5.92 Å². The maximum Gasteiger partial charge on any atom is 0.196 e. The number of hydrogen-bond donors (Lipinski definition) is 0. The van der Waals surface area contributed by atoms with E-state index in [4.69, 9.17) is 9.47 Å². The third-order valence-electron chi connectivity index (χ3n) is 6.46. The van der Waals surface area contributed by atoms with Gasteiger partial charge in [-0.25, -0.2) is 0 Å². The number of nitrogens with zero attached hydrogens (tertiary/aromatic N) is 1. The fraction of sp³-hybridized carbons (Fsp3) is 0.522. The Morgan fingerprint density at radius 2 is 1.54 bits per heavy atom. The van der Waals surface area contributed by atoms with E-state index in [1.807, 2.05) is 0 Å². The molecule has 2 bridgehead atoms. The predicted molar refractivity (Wildman–Crippen MR) is 102 cm³/mol. The molecule has 0 spiro atoms. The van der Waals surface area contributed by atoms with E-state index in [1.54, 1.807) is 0 Å². The molecule has 1 aliphatic carbocycles. The first-order chi connectivity index (χ1) is 12.4. The predicted octanol–water partition coefficient (Wildman–Crippen LogP) is 4.43. The first kappa shape index (κ1) is 17.7. The van der Waals surface area contributed by atoms with E-state index in [9.17, 15) is 0 Å². The standard InChI is InChI=1S/C23H30NO2/c1-7-25-23(26-8-2)20-17-11-9-10-14-24(17)21(22(23,5)6)19-16(4)13-12-15(3)18(19)20/h9-14,20-21H,7-8H2,1-6H3/q+1. The summed E-state index contributed by atoms with van der Waals surface area (Å²) in [5.41, 5.74) is 6.64. The molecule has 3 heteroatoms. The number of aryl methyl sites for hydroxylation is 2. The minimum Gasteiger partial charge on any atom is -0.348 e. The molecule has 0 amide bonds. The molecule has 0 N–H and O–H groups in total. The SMILES string of the molecule is CCOC1(OCC)C2c3c(C)ccc(C)c3C([n+]3ccccc32)C1(C)C. The molecule has 2 aliphatic heterocycles. The van der Waals surface area contributed by atoms with Crippen molar-refractivity contribution in [1.29, 1.82) is 0 Å². The van der Waals surface area contributed by atoms with E-state index in [-0.39, 0.29) is 17.4 Å². The number of aromatic nitrogens is 1. The van der Waals surface area contributed by atoms with E-state index in [1.165, 1.54) is 27.9 Å². The highest BCUT2D eigenvalue weighted by Crippen LogP contribution is 2.62. The van der Waals surface area contributed by atoms with Gasteiger partial charge in [-0.3, -0.25) is 0 Å². The van der Waals surface area contributed by atoms with Crippen molar-refractivity contribution < 1.29 is 14.0 Å². The third-order valence-corrected chi connectivity index (χ3v) is 6.46. The molecule has 1 aromatic heterocycles. The van der Waals surface area contributed by atoms with Gasteiger partial charge in [0, 0.05) is 30.9 Å². The number of pyridine rings is 1. The minimum absolute atomic E-state index is 0.0681. The van der Waals surface area contributed by atoms with E-state index >= 15 is 0 Å². The summed E-state index contributed by atoms with van der Waals surface area (Å²) in [6.45, 7) is 14.5. The van der Waals surface area contributed by atoms with Crippen molar-refractivity contribution in [3.8, 4) is 0 Å². The van der Waals surface area contributed by atoms with E-state index in [0.29, 0.717) is 13.2 Å². The summed E-state index contributed by atoms with van der Waals surface area (Å²) in [4.78, 5) is 0. The third kappa shape index (κ3) is 1.99. The number of benzene rings is 1. The molecule has 3 nitrogen and oxygen atoms in total. The van der Waals surface area contributed by atoms with Crippen LogP contribution < -0.4 is 4.57 Å². The van der Waals surface area contributed by atoms with Crippen LogP contribution in [0.25, 0.3) is 0 Å². The van der Waals surface area contributed by atoms with Crippen LogP contribution in [0, 0.1) is 19.3 Å². The van der Waals surface area contributed by atoms with Gasteiger partial charge in [0.2, 0.25) is 0 Å². The zero-order valence-electron chi connectivity index (χ0n) is 16.8. The summed E-state index contributed by atoms with van der Waals surface area (Å²) in [5.74, 6) is -0.591. The van der Waals surface area contributed by atoms with Gasteiger partial charge in [-0.1, -0.05) is 18.2 Å². The lowest BCUT2D eigenvalue weighted by molar-refractivity contribution is -0.755. The first-order valence-electron chi connectivity index (χ1n) is 9.78. The highest BCUT2D eigenvalue weighted by atomic mass is 16.7. The lowest BCUT2D eigenvalue weighted by Crippen LogP contribution is -2.72. The fourth-order valence-electron chi connectivity index (χ4n) is 5.50. The van der Waals surface area contributed by atoms with Crippen LogP contribution in [-0.4, -0.2) is 19.0 Å². The van der Waals surface area contributed by atoms with Crippen molar-refractivity contribution in [2.24, 2.45) is 5.41 Å². The molecule has 2 atom stereocenters. The van der Waals surface area contributed by atoms with Crippen LogP contribution in [0.15, 0.2) is 36.5 Å². The van der Waals surface area contributed by atoms with Crippen LogP contribution in [0.1, 0.15) is 67.6 Å². The Kier molecular flexibility index (Phi) is 4.01. The first-order valence-corrected chi connectivity index (χ1v) is 9.78. The highest BCUT2D eigenvalue weighted by Gasteiger charge is 2.71. The van der Waals surface area contributed by atoms with Gasteiger partial charge in [-0.15, -0.1) is 0 Å². The van der Waals surface area contributed by atoms with Crippen LogP contribution in [0.4, 0.5) is 0 Å². The number of hydrogen-bond acceptors (Lipinski definition) is 2. The maximum absolute atomic E-state index is 6.53. The van der Waals surface area contributed by atoms with E-state index in [0.717, 1.165) is 0 Å². The second-order valence-electron chi connectivity index (χ2n) is 8.15. The minimum atomic E-state index is -0.659. The molecule has 3 aliphatic rings. The summed E-state index contributed by atoms with van der Waals surface area (Å²) >= 11 is 0. The Balaban J connectivity index is 2.13. The molecule has 5 rings (SSSR count). The zero-order valence-corrected chi connectivity index (χ0v) is 16.8. The van der Waals surface area contributed by atoms with Crippen molar-refractivity contribution in [2.75, 3.05) is 13.2 Å². The molecule has 26 heavy (non-hydrogen) atoms. The topological polar surface area (TPSA) is 22.3 Å². The Bertz CT molecular complexity index is 849. The van der Waals surface area contributed by atoms with Gasteiger partial charge < -0.3 is 9.47 Å². The van der Waals surface area contributed by atoms with Gasteiger partial charge in [-0.2, -0.15) is 4.57 Å². The lowest BCUT2D eigenvalue weighted by atomic mass is 9.56. The molecular weight excluding hydrogens is 322 g/mol. The van der Waals surface area contributed by atoms with Gasteiger partial charge >= 0.3 is 0 Å². The normalized spacial score (nSPS) is 24.2. The summed E-state index contributed by atoms with van der Waals surface area (Å²) < 4.78 is 15.5. The van der Waals surface area contributed by atoms with E-state index < -0.39 is 5.79 Å². The lowest BCUT2D eigenvalue weighted by Gasteiger charge is -2.57. The summed E-state index contributed by atoms with van der Waals surface area (Å²) in [7, 11) is 0. The monoisotopic (exact) mass is 352 g/mol. The average Bonchev–Trinajstić information content (AvgIpc) is 2.61. The van der Waals surface area contributed by atoms with Crippen LogP contribution in [0.2, 0.25) is 0 Å². The molecular formula is C23H30NO2+. The van der Waals surface area contributed by atoms with Gasteiger partial charge in [0.15, 0.2) is 23.7 Å². The molecule has 2 aromatic rings. The van der Waals surface area contributed by atoms with Gasteiger partial charge in [-0.05, 0) is 58.2 Å². The van der Waals surface area contributed by atoms with Crippen molar-refractivity contribution >= 4 is 0 Å². The zero-order chi connectivity index (χ0) is 18.7. The van der Waals surface area contributed by atoms with Crippen molar-refractivity contribution in [1.82, 2.24) is 0 Å². The second kappa shape index (κ2) is 5.90. The van der Waals surface area contributed by atoms with Gasteiger partial charge in [0.25, 0.3) is 0 Å².